The summed E-state index contributed by atoms with van der Waals surface area (Å²) in [5.41, 5.74) is 1.72. The van der Waals surface area contributed by atoms with Crippen molar-refractivity contribution in [1.82, 2.24) is 10.2 Å². The van der Waals surface area contributed by atoms with Crippen LogP contribution in [0.25, 0.3) is 0 Å². The molecule has 0 bridgehead atoms. The molecule has 8 nitrogen and oxygen atoms in total. The molecule has 0 fully saturated rings. The Kier molecular flexibility index (Phi) is 9.70. The van der Waals surface area contributed by atoms with Gasteiger partial charge < -0.3 is 15.0 Å². The van der Waals surface area contributed by atoms with E-state index in [4.69, 9.17) is 4.74 Å². The zero-order chi connectivity index (χ0) is 29.2. The average molecular weight is 576 g/mol. The molecular weight excluding hydrogens is 545 g/mol. The molecule has 0 unspecified atom stereocenters. The van der Waals surface area contributed by atoms with Crippen molar-refractivity contribution in [1.29, 1.82) is 0 Å². The molecule has 0 aliphatic heterocycles. The van der Waals surface area contributed by atoms with Crippen LogP contribution in [-0.2, 0) is 26.2 Å². The Morgan fingerprint density at radius 3 is 2.07 bits per heavy atom. The summed E-state index contributed by atoms with van der Waals surface area (Å²) in [6, 6.07) is 28.0. The third-order valence-corrected chi connectivity index (χ3v) is 7.53. The van der Waals surface area contributed by atoms with E-state index in [1.54, 1.807) is 12.1 Å². The van der Waals surface area contributed by atoms with Crippen LogP contribution in [0.3, 0.4) is 0 Å². The lowest BCUT2D eigenvalue weighted by Crippen LogP contribution is -2.45. The number of nitrogens with zero attached hydrogens (tertiary/aromatic N) is 1. The third-order valence-electron chi connectivity index (χ3n) is 6.14. The van der Waals surface area contributed by atoms with Crippen LogP contribution >= 0.6 is 0 Å². The van der Waals surface area contributed by atoms with Crippen molar-refractivity contribution in [2.45, 2.75) is 24.4 Å². The summed E-state index contributed by atoms with van der Waals surface area (Å²) in [4.78, 5) is 28.2. The summed E-state index contributed by atoms with van der Waals surface area (Å²) in [5.74, 6) is -0.949. The maximum atomic E-state index is 13.6. The second-order valence-electron chi connectivity index (χ2n) is 9.09. The number of nitrogens with one attached hydrogen (secondary N) is 2. The number of hydrogen-bond donors (Lipinski definition) is 2. The molecule has 1 atom stereocenters. The molecule has 0 aliphatic carbocycles. The minimum absolute atomic E-state index is 0.0356. The first kappa shape index (κ1) is 29.3. The number of amides is 2. The summed E-state index contributed by atoms with van der Waals surface area (Å²) in [6.45, 7) is 2.00. The van der Waals surface area contributed by atoms with Gasteiger partial charge in [0.15, 0.2) is 6.61 Å². The van der Waals surface area contributed by atoms with Gasteiger partial charge in [-0.05, 0) is 66.6 Å². The second kappa shape index (κ2) is 13.6. The first-order chi connectivity index (χ1) is 19.8. The molecule has 0 radical (unpaired) electrons. The van der Waals surface area contributed by atoms with Gasteiger partial charge in [-0.25, -0.2) is 12.8 Å². The normalized spacial score (nSPS) is 11.8. The first-order valence-electron chi connectivity index (χ1n) is 12.9. The fourth-order valence-electron chi connectivity index (χ4n) is 4.16. The van der Waals surface area contributed by atoms with Crippen LogP contribution in [0.4, 0.5) is 10.1 Å². The molecule has 0 saturated heterocycles. The molecule has 212 valence electrons. The summed E-state index contributed by atoms with van der Waals surface area (Å²) >= 11 is 0. The molecule has 41 heavy (non-hydrogen) atoms. The van der Waals surface area contributed by atoms with E-state index in [0.29, 0.717) is 12.1 Å². The van der Waals surface area contributed by atoms with Gasteiger partial charge in [-0.1, -0.05) is 60.7 Å². The Hall–Kier alpha value is -4.70. The van der Waals surface area contributed by atoms with Crippen LogP contribution in [0.5, 0.6) is 5.75 Å². The highest BCUT2D eigenvalue weighted by Gasteiger charge is 2.31. The molecule has 2 amide bonds. The highest BCUT2D eigenvalue weighted by molar-refractivity contribution is 7.92. The lowest BCUT2D eigenvalue weighted by atomic mass is 10.0. The van der Waals surface area contributed by atoms with E-state index in [1.807, 2.05) is 55.5 Å². The van der Waals surface area contributed by atoms with Gasteiger partial charge in [-0.3, -0.25) is 14.3 Å². The number of halogens is 1. The monoisotopic (exact) mass is 575 g/mol. The van der Waals surface area contributed by atoms with Gasteiger partial charge in [0.1, 0.15) is 17.6 Å². The number of sulfonamides is 1. The topological polar surface area (TPSA) is 105 Å². The van der Waals surface area contributed by atoms with E-state index in [1.165, 1.54) is 41.3 Å². The summed E-state index contributed by atoms with van der Waals surface area (Å²) in [7, 11) is -3.93. The van der Waals surface area contributed by atoms with Gasteiger partial charge in [0, 0.05) is 18.8 Å². The van der Waals surface area contributed by atoms with Crippen molar-refractivity contribution >= 4 is 27.5 Å². The molecule has 2 N–H and O–H groups in total. The third kappa shape index (κ3) is 7.92. The van der Waals surface area contributed by atoms with Gasteiger partial charge in [0.05, 0.1) is 4.90 Å². The Labute approximate surface area is 238 Å². The average Bonchev–Trinajstić information content (AvgIpc) is 2.98. The van der Waals surface area contributed by atoms with E-state index in [-0.39, 0.29) is 35.4 Å². The molecule has 0 heterocycles. The molecule has 0 spiro atoms. The van der Waals surface area contributed by atoms with E-state index >= 15 is 0 Å². The summed E-state index contributed by atoms with van der Waals surface area (Å²) in [6.07, 6.45) is 0. The van der Waals surface area contributed by atoms with Crippen LogP contribution in [0, 0.1) is 5.82 Å². The van der Waals surface area contributed by atoms with E-state index in [2.05, 4.69) is 10.0 Å². The van der Waals surface area contributed by atoms with Gasteiger partial charge >= 0.3 is 0 Å². The SMILES string of the molecule is CCNC(=O)[C@H](c1ccccc1)N(Cc1ccccc1)C(=O)COc1ccc(S(=O)(=O)Nc2ccc(F)cc2)cc1. The number of likely N-dealkylation sites (N-methyl/N-ethyl adjacent to an activating group) is 1. The maximum absolute atomic E-state index is 13.6. The van der Waals surface area contributed by atoms with Gasteiger partial charge in [0.2, 0.25) is 5.91 Å². The highest BCUT2D eigenvalue weighted by Crippen LogP contribution is 2.25. The number of hydrogen-bond acceptors (Lipinski definition) is 5. The van der Waals surface area contributed by atoms with E-state index in [9.17, 15) is 22.4 Å². The Morgan fingerprint density at radius 2 is 1.46 bits per heavy atom. The van der Waals surface area contributed by atoms with Crippen LogP contribution in [0.2, 0.25) is 0 Å². The van der Waals surface area contributed by atoms with Crippen LogP contribution in [0.1, 0.15) is 24.1 Å². The number of rotatable bonds is 12. The van der Waals surface area contributed by atoms with Crippen LogP contribution < -0.4 is 14.8 Å². The number of benzene rings is 4. The van der Waals surface area contributed by atoms with Crippen molar-refractivity contribution < 1.29 is 27.1 Å². The Bertz CT molecular complexity index is 1550. The molecule has 4 aromatic carbocycles. The molecule has 0 aliphatic rings. The van der Waals surface area contributed by atoms with Crippen molar-refractivity contribution in [2.75, 3.05) is 17.9 Å². The lowest BCUT2D eigenvalue weighted by molar-refractivity contribution is -0.143. The fourth-order valence-corrected chi connectivity index (χ4v) is 5.22. The van der Waals surface area contributed by atoms with Crippen molar-refractivity contribution in [3.63, 3.8) is 0 Å². The first-order valence-corrected chi connectivity index (χ1v) is 14.4. The number of carbonyl (C=O) groups excluding carboxylic acids is 2. The largest absolute Gasteiger partial charge is 0.484 e. The summed E-state index contributed by atoms with van der Waals surface area (Å²) < 4.78 is 46.7. The number of carbonyl (C=O) groups is 2. The smallest absolute Gasteiger partial charge is 0.261 e. The van der Waals surface area contributed by atoms with Gasteiger partial charge in [-0.2, -0.15) is 0 Å². The van der Waals surface area contributed by atoms with Crippen molar-refractivity contribution in [3.05, 3.63) is 126 Å². The highest BCUT2D eigenvalue weighted by atomic mass is 32.2. The minimum Gasteiger partial charge on any atom is -0.484 e. The van der Waals surface area contributed by atoms with Gasteiger partial charge in [0.25, 0.3) is 15.9 Å². The molecule has 0 saturated carbocycles. The van der Waals surface area contributed by atoms with Crippen molar-refractivity contribution in [2.24, 2.45) is 0 Å². The predicted octanol–water partition coefficient (Wildman–Crippen LogP) is 4.91. The molecule has 10 heteroatoms. The molecule has 4 rings (SSSR count). The zero-order valence-electron chi connectivity index (χ0n) is 22.4. The number of ether oxygens (including phenoxy) is 1. The standard InChI is InChI=1S/C31H30FN3O5S/c1-2-33-31(37)30(24-11-7-4-8-12-24)35(21-23-9-5-3-6-10-23)29(36)22-40-27-17-19-28(20-18-27)41(38,39)34-26-15-13-25(32)14-16-26/h3-20,30,34H,2,21-22H2,1H3,(H,33,37)/t30-/m0/s1. The van der Waals surface area contributed by atoms with Crippen molar-refractivity contribution in [3.8, 4) is 5.75 Å². The molecule has 4 aromatic rings. The fraction of sp³-hybridized carbons (Fsp3) is 0.161. The maximum Gasteiger partial charge on any atom is 0.261 e. The number of anilines is 1. The Morgan fingerprint density at radius 1 is 0.854 bits per heavy atom. The molecule has 0 aromatic heterocycles. The van der Waals surface area contributed by atoms with E-state index < -0.39 is 27.8 Å². The summed E-state index contributed by atoms with van der Waals surface area (Å²) in [5, 5.41) is 2.82. The Balaban J connectivity index is 1.51. The van der Waals surface area contributed by atoms with Crippen LogP contribution in [-0.4, -0.2) is 38.3 Å². The minimum atomic E-state index is -3.93. The van der Waals surface area contributed by atoms with Gasteiger partial charge in [-0.15, -0.1) is 0 Å². The van der Waals surface area contributed by atoms with E-state index in [0.717, 1.165) is 17.7 Å². The van der Waals surface area contributed by atoms with Crippen LogP contribution in [0.15, 0.2) is 114 Å². The zero-order valence-corrected chi connectivity index (χ0v) is 23.2. The molecular formula is C31H30FN3O5S. The lowest BCUT2D eigenvalue weighted by Gasteiger charge is -2.31. The quantitative estimate of drug-likeness (QED) is 0.250. The predicted molar refractivity (Wildman–Crippen MR) is 154 cm³/mol. The second-order valence-corrected chi connectivity index (χ2v) is 10.8.